The first-order valence-electron chi connectivity index (χ1n) is 7.67. The molecule has 0 heterocycles. The Morgan fingerprint density at radius 2 is 1.63 bits per heavy atom. The van der Waals surface area contributed by atoms with E-state index >= 15 is 0 Å². The van der Waals surface area contributed by atoms with E-state index in [1.54, 1.807) is 30.3 Å². The van der Waals surface area contributed by atoms with Gasteiger partial charge in [0, 0.05) is 16.8 Å². The highest BCUT2D eigenvalue weighted by Gasteiger charge is 2.34. The third-order valence-corrected chi connectivity index (χ3v) is 4.34. The molecule has 0 radical (unpaired) electrons. The third kappa shape index (κ3) is 7.95. The van der Waals surface area contributed by atoms with Crippen molar-refractivity contribution in [1.82, 2.24) is 10.6 Å². The smallest absolute Gasteiger partial charge is 0.245 e. The van der Waals surface area contributed by atoms with Crippen LogP contribution >= 0.6 is 58.6 Å². The summed E-state index contributed by atoms with van der Waals surface area (Å²) in [6, 6.07) is 16.2. The molecule has 4 nitrogen and oxygen atoms in total. The molecule has 0 fully saturated rings. The third-order valence-electron chi connectivity index (χ3n) is 3.22. The first-order chi connectivity index (χ1) is 12.7. The van der Waals surface area contributed by atoms with Crippen molar-refractivity contribution in [2.75, 3.05) is 5.32 Å². The Morgan fingerprint density at radius 1 is 1.00 bits per heavy atom. The molecule has 1 amide bonds. The Labute approximate surface area is 182 Å². The van der Waals surface area contributed by atoms with E-state index < -0.39 is 15.9 Å². The minimum atomic E-state index is -1.83. The fourth-order valence-electron chi connectivity index (χ4n) is 1.96. The summed E-state index contributed by atoms with van der Waals surface area (Å²) < 4.78 is -1.83. The molecule has 0 aromatic heterocycles. The summed E-state index contributed by atoms with van der Waals surface area (Å²) >= 11 is 28.9. The number of nitrogens with one attached hydrogen (secondary N) is 3. The van der Waals surface area contributed by atoms with Gasteiger partial charge in [0.25, 0.3) is 0 Å². The van der Waals surface area contributed by atoms with Crippen LogP contribution in [-0.2, 0) is 4.79 Å². The van der Waals surface area contributed by atoms with Crippen molar-refractivity contribution in [3.63, 3.8) is 0 Å². The average Bonchev–Trinajstić information content (AvgIpc) is 2.61. The maximum atomic E-state index is 12.2. The molecule has 0 aliphatic heterocycles. The van der Waals surface area contributed by atoms with Gasteiger partial charge >= 0.3 is 0 Å². The highest BCUT2D eigenvalue weighted by atomic mass is 35.6. The van der Waals surface area contributed by atoms with Crippen molar-refractivity contribution in [2.24, 2.45) is 0 Å². The standard InChI is InChI=1S/C18H15Cl4N3OS/c19-13-7-9-14(10-8-13)23-17(27)25-16(18(20,21)22)24-15(26)11-6-12-4-2-1-3-5-12/h1-11,16H,(H,24,26)(H2,23,25,27). The Hall–Kier alpha value is -1.50. The number of carbonyl (C=O) groups excluding carboxylic acids is 1. The Morgan fingerprint density at radius 3 is 2.22 bits per heavy atom. The number of thiocarbonyl (C=S) groups is 1. The summed E-state index contributed by atoms with van der Waals surface area (Å²) in [7, 11) is 0. The van der Waals surface area contributed by atoms with Crippen LogP contribution in [0, 0.1) is 0 Å². The van der Waals surface area contributed by atoms with E-state index in [2.05, 4.69) is 16.0 Å². The number of alkyl halides is 3. The molecule has 0 aliphatic carbocycles. The van der Waals surface area contributed by atoms with Gasteiger partial charge in [0.05, 0.1) is 0 Å². The topological polar surface area (TPSA) is 53.2 Å². The van der Waals surface area contributed by atoms with Crippen LogP contribution in [0.4, 0.5) is 5.69 Å². The van der Waals surface area contributed by atoms with Crippen LogP contribution in [0.3, 0.4) is 0 Å². The van der Waals surface area contributed by atoms with Crippen molar-refractivity contribution >= 4 is 81.4 Å². The lowest BCUT2D eigenvalue weighted by atomic mass is 10.2. The van der Waals surface area contributed by atoms with Crippen LogP contribution < -0.4 is 16.0 Å². The summed E-state index contributed by atoms with van der Waals surface area (Å²) in [5.41, 5.74) is 1.56. The number of benzene rings is 2. The molecule has 9 heteroatoms. The fraction of sp³-hybridized carbons (Fsp3) is 0.111. The zero-order valence-corrected chi connectivity index (χ0v) is 17.6. The van der Waals surface area contributed by atoms with E-state index in [-0.39, 0.29) is 5.11 Å². The molecule has 1 atom stereocenters. The number of hydrogen-bond acceptors (Lipinski definition) is 2. The molecular formula is C18H15Cl4N3OS. The normalized spacial score (nSPS) is 12.4. The van der Waals surface area contributed by atoms with E-state index in [4.69, 9.17) is 58.6 Å². The zero-order chi connectivity index (χ0) is 19.9. The number of anilines is 1. The van der Waals surface area contributed by atoms with Crippen LogP contribution in [0.5, 0.6) is 0 Å². The minimum absolute atomic E-state index is 0.168. The number of halogens is 4. The first-order valence-corrected chi connectivity index (χ1v) is 9.59. The molecule has 0 aliphatic rings. The van der Waals surface area contributed by atoms with Crippen molar-refractivity contribution in [3.05, 3.63) is 71.3 Å². The monoisotopic (exact) mass is 461 g/mol. The van der Waals surface area contributed by atoms with Gasteiger partial charge in [0.15, 0.2) is 5.11 Å². The lowest BCUT2D eigenvalue weighted by Gasteiger charge is -2.27. The Kier molecular flexibility index (Phi) is 8.20. The largest absolute Gasteiger partial charge is 0.339 e. The molecule has 27 heavy (non-hydrogen) atoms. The number of hydrogen-bond donors (Lipinski definition) is 3. The minimum Gasteiger partial charge on any atom is -0.339 e. The van der Waals surface area contributed by atoms with Crippen LogP contribution in [0.1, 0.15) is 5.56 Å². The molecule has 0 saturated heterocycles. The van der Waals surface area contributed by atoms with Gasteiger partial charge in [-0.05, 0) is 48.1 Å². The molecule has 142 valence electrons. The van der Waals surface area contributed by atoms with E-state index in [1.807, 2.05) is 30.3 Å². The quantitative estimate of drug-likeness (QED) is 0.249. The highest BCUT2D eigenvalue weighted by molar-refractivity contribution is 7.80. The van der Waals surface area contributed by atoms with Gasteiger partial charge < -0.3 is 16.0 Å². The molecule has 2 rings (SSSR count). The van der Waals surface area contributed by atoms with Gasteiger partial charge in [-0.25, -0.2) is 0 Å². The predicted molar refractivity (Wildman–Crippen MR) is 119 cm³/mol. The van der Waals surface area contributed by atoms with Gasteiger partial charge in [-0.3, -0.25) is 4.79 Å². The molecule has 3 N–H and O–H groups in total. The molecule has 0 spiro atoms. The number of rotatable bonds is 5. The van der Waals surface area contributed by atoms with Gasteiger partial charge in [-0.2, -0.15) is 0 Å². The van der Waals surface area contributed by atoms with Crippen LogP contribution in [0.2, 0.25) is 5.02 Å². The van der Waals surface area contributed by atoms with E-state index in [1.165, 1.54) is 6.08 Å². The lowest BCUT2D eigenvalue weighted by Crippen LogP contribution is -2.55. The summed E-state index contributed by atoms with van der Waals surface area (Å²) in [6.07, 6.45) is 1.94. The summed E-state index contributed by atoms with van der Waals surface area (Å²) in [6.45, 7) is 0. The number of carbonyl (C=O) groups is 1. The lowest BCUT2D eigenvalue weighted by molar-refractivity contribution is -0.117. The summed E-state index contributed by atoms with van der Waals surface area (Å²) in [4.78, 5) is 12.2. The summed E-state index contributed by atoms with van der Waals surface area (Å²) in [5.74, 6) is -0.447. The second kappa shape index (κ2) is 10.2. The second-order valence-corrected chi connectivity index (χ2v) is 8.55. The maximum absolute atomic E-state index is 12.2. The fourth-order valence-corrected chi connectivity index (χ4v) is 2.65. The molecule has 2 aromatic carbocycles. The van der Waals surface area contributed by atoms with Crippen LogP contribution in [0.25, 0.3) is 6.08 Å². The van der Waals surface area contributed by atoms with Gasteiger partial charge in [0.1, 0.15) is 6.17 Å². The zero-order valence-electron chi connectivity index (χ0n) is 13.8. The first kappa shape index (κ1) is 21.8. The summed E-state index contributed by atoms with van der Waals surface area (Å²) in [5, 5.41) is 9.03. The van der Waals surface area contributed by atoms with E-state index in [9.17, 15) is 4.79 Å². The molecule has 0 bridgehead atoms. The van der Waals surface area contributed by atoms with Crippen molar-refractivity contribution < 1.29 is 4.79 Å². The van der Waals surface area contributed by atoms with Crippen molar-refractivity contribution in [2.45, 2.75) is 9.96 Å². The molecule has 1 unspecified atom stereocenters. The van der Waals surface area contributed by atoms with Crippen LogP contribution in [0.15, 0.2) is 60.7 Å². The highest BCUT2D eigenvalue weighted by Crippen LogP contribution is 2.29. The van der Waals surface area contributed by atoms with Gasteiger partial charge in [-0.1, -0.05) is 76.7 Å². The van der Waals surface area contributed by atoms with E-state index in [0.717, 1.165) is 5.56 Å². The van der Waals surface area contributed by atoms with Crippen LogP contribution in [-0.4, -0.2) is 21.0 Å². The molecule has 0 saturated carbocycles. The second-order valence-electron chi connectivity index (χ2n) is 5.33. The van der Waals surface area contributed by atoms with Crippen molar-refractivity contribution in [1.29, 1.82) is 0 Å². The Balaban J connectivity index is 1.98. The van der Waals surface area contributed by atoms with Crippen molar-refractivity contribution in [3.8, 4) is 0 Å². The SMILES string of the molecule is O=C(C=Cc1ccccc1)NC(NC(=S)Nc1ccc(Cl)cc1)C(Cl)(Cl)Cl. The molecular weight excluding hydrogens is 448 g/mol. The van der Waals surface area contributed by atoms with Gasteiger partial charge in [-0.15, -0.1) is 0 Å². The number of amides is 1. The molecule has 2 aromatic rings. The van der Waals surface area contributed by atoms with E-state index in [0.29, 0.717) is 10.7 Å². The average molecular weight is 463 g/mol. The Bertz CT molecular complexity index is 808. The van der Waals surface area contributed by atoms with Gasteiger partial charge in [0.2, 0.25) is 9.70 Å². The maximum Gasteiger partial charge on any atom is 0.245 e. The predicted octanol–water partition coefficient (Wildman–Crippen LogP) is 5.15.